The summed E-state index contributed by atoms with van der Waals surface area (Å²) in [7, 11) is 0. The van der Waals surface area contributed by atoms with E-state index in [1.807, 2.05) is 0 Å². The lowest BCUT2D eigenvalue weighted by atomic mass is 9.90. The molecule has 1 aliphatic heterocycles. The van der Waals surface area contributed by atoms with Crippen LogP contribution in [0, 0.1) is 18.8 Å². The molecule has 0 spiro atoms. The minimum absolute atomic E-state index is 0.228. The van der Waals surface area contributed by atoms with Crippen LogP contribution in [-0.2, 0) is 0 Å². The number of hydrogen-bond acceptors (Lipinski definition) is 3. The minimum atomic E-state index is 0.228. The molecule has 124 valence electrons. The Morgan fingerprint density at radius 3 is 2.41 bits per heavy atom. The second kappa shape index (κ2) is 7.98. The molecule has 0 radical (unpaired) electrons. The Kier molecular flexibility index (Phi) is 6.27. The molecule has 1 N–H and O–H groups in total. The largest absolute Gasteiger partial charge is 0.493 e. The van der Waals surface area contributed by atoms with Crippen molar-refractivity contribution in [2.24, 2.45) is 11.8 Å². The van der Waals surface area contributed by atoms with E-state index >= 15 is 0 Å². The molecule has 0 aromatic heterocycles. The number of likely N-dealkylation sites (tertiary alicyclic amines) is 1. The predicted octanol–water partition coefficient (Wildman–Crippen LogP) is 3.80. The number of rotatable bonds is 7. The average molecular weight is 305 g/mol. The van der Waals surface area contributed by atoms with Gasteiger partial charge in [0.25, 0.3) is 0 Å². The Balaban J connectivity index is 2.20. The van der Waals surface area contributed by atoms with Crippen molar-refractivity contribution in [2.75, 3.05) is 26.3 Å². The fourth-order valence-electron chi connectivity index (χ4n) is 3.32. The minimum Gasteiger partial charge on any atom is -0.493 e. The lowest BCUT2D eigenvalue weighted by Gasteiger charge is -2.33. The summed E-state index contributed by atoms with van der Waals surface area (Å²) in [5.74, 6) is 1.73. The first-order valence-electron chi connectivity index (χ1n) is 8.61. The van der Waals surface area contributed by atoms with E-state index in [0.717, 1.165) is 25.4 Å². The third-order valence-electron chi connectivity index (χ3n) is 4.50. The summed E-state index contributed by atoms with van der Waals surface area (Å²) < 4.78 is 5.83. The fourth-order valence-corrected chi connectivity index (χ4v) is 3.32. The van der Waals surface area contributed by atoms with Crippen molar-refractivity contribution >= 4 is 0 Å². The molecule has 1 fully saturated rings. The van der Waals surface area contributed by atoms with Crippen LogP contribution < -0.4 is 4.74 Å². The van der Waals surface area contributed by atoms with Crippen LogP contribution in [0.4, 0.5) is 0 Å². The topological polar surface area (TPSA) is 32.7 Å². The number of hydrogen-bond donors (Lipinski definition) is 1. The van der Waals surface area contributed by atoms with Gasteiger partial charge >= 0.3 is 0 Å². The highest BCUT2D eigenvalue weighted by Gasteiger charge is 2.29. The molecular formula is C19H31NO2. The van der Waals surface area contributed by atoms with Crippen molar-refractivity contribution in [1.29, 1.82) is 0 Å². The van der Waals surface area contributed by atoms with Gasteiger partial charge in [-0.25, -0.2) is 0 Å². The Morgan fingerprint density at radius 1 is 1.18 bits per heavy atom. The summed E-state index contributed by atoms with van der Waals surface area (Å²) in [6.45, 7) is 11.9. The van der Waals surface area contributed by atoms with Gasteiger partial charge in [-0.3, -0.25) is 4.90 Å². The first-order valence-corrected chi connectivity index (χ1v) is 8.61. The molecule has 2 unspecified atom stereocenters. The van der Waals surface area contributed by atoms with Crippen LogP contribution in [0.3, 0.4) is 0 Å². The quantitative estimate of drug-likeness (QED) is 0.832. The molecule has 1 saturated heterocycles. The van der Waals surface area contributed by atoms with E-state index in [1.165, 1.54) is 24.0 Å². The van der Waals surface area contributed by atoms with Crippen molar-refractivity contribution < 1.29 is 9.84 Å². The van der Waals surface area contributed by atoms with Crippen molar-refractivity contribution in [3.63, 3.8) is 0 Å². The van der Waals surface area contributed by atoms with Gasteiger partial charge in [0.1, 0.15) is 5.75 Å². The maximum absolute atomic E-state index is 9.67. The van der Waals surface area contributed by atoms with Gasteiger partial charge in [0, 0.05) is 12.6 Å². The number of nitrogens with zero attached hydrogens (tertiary/aromatic N) is 1. The van der Waals surface area contributed by atoms with Crippen LogP contribution in [0.25, 0.3) is 0 Å². The van der Waals surface area contributed by atoms with Gasteiger partial charge in [-0.05, 0) is 68.0 Å². The van der Waals surface area contributed by atoms with Crippen molar-refractivity contribution in [1.82, 2.24) is 4.90 Å². The lowest BCUT2D eigenvalue weighted by Crippen LogP contribution is -2.32. The van der Waals surface area contributed by atoms with Gasteiger partial charge in [0.15, 0.2) is 0 Å². The first kappa shape index (κ1) is 17.3. The molecular weight excluding hydrogens is 274 g/mol. The Bertz CT molecular complexity index is 467. The van der Waals surface area contributed by atoms with Crippen LogP contribution in [0.15, 0.2) is 18.2 Å². The smallest absolute Gasteiger partial charge is 0.119 e. The third kappa shape index (κ3) is 4.23. The Morgan fingerprint density at radius 2 is 1.86 bits per heavy atom. The van der Waals surface area contributed by atoms with Gasteiger partial charge in [0.2, 0.25) is 0 Å². The van der Waals surface area contributed by atoms with Crippen LogP contribution in [0.1, 0.15) is 50.8 Å². The van der Waals surface area contributed by atoms with Crippen molar-refractivity contribution in [3.05, 3.63) is 29.3 Å². The van der Waals surface area contributed by atoms with Crippen molar-refractivity contribution in [2.45, 2.75) is 46.6 Å². The molecule has 3 nitrogen and oxygen atoms in total. The first-order chi connectivity index (χ1) is 10.5. The number of aliphatic hydroxyl groups excluding tert-OH is 1. The van der Waals surface area contributed by atoms with E-state index in [4.69, 9.17) is 4.74 Å². The van der Waals surface area contributed by atoms with E-state index < -0.39 is 0 Å². The highest BCUT2D eigenvalue weighted by Crippen LogP contribution is 2.34. The summed E-state index contributed by atoms with van der Waals surface area (Å²) in [5.41, 5.74) is 2.60. The second-order valence-electron chi connectivity index (χ2n) is 7.07. The summed E-state index contributed by atoms with van der Waals surface area (Å²) >= 11 is 0. The van der Waals surface area contributed by atoms with Gasteiger partial charge in [-0.15, -0.1) is 0 Å². The monoisotopic (exact) mass is 305 g/mol. The zero-order valence-electron chi connectivity index (χ0n) is 14.5. The van der Waals surface area contributed by atoms with E-state index in [2.05, 4.69) is 50.8 Å². The van der Waals surface area contributed by atoms with Gasteiger partial charge in [-0.1, -0.05) is 26.8 Å². The molecule has 1 aromatic rings. The lowest BCUT2D eigenvalue weighted by molar-refractivity contribution is 0.125. The summed E-state index contributed by atoms with van der Waals surface area (Å²) in [4.78, 5) is 2.53. The molecule has 1 aliphatic rings. The molecule has 0 saturated carbocycles. The summed E-state index contributed by atoms with van der Waals surface area (Å²) in [5, 5.41) is 9.67. The molecule has 1 heterocycles. The van der Waals surface area contributed by atoms with Crippen LogP contribution in [0.5, 0.6) is 5.75 Å². The van der Waals surface area contributed by atoms with Gasteiger partial charge in [-0.2, -0.15) is 0 Å². The SMILES string of the molecule is Cc1cc(OCC(C)C)ccc1C(C(C)CO)N1CCCC1. The maximum atomic E-state index is 9.67. The molecule has 1 aromatic carbocycles. The zero-order chi connectivity index (χ0) is 16.1. The molecule has 2 rings (SSSR count). The Labute approximate surface area is 135 Å². The molecule has 22 heavy (non-hydrogen) atoms. The van der Waals surface area contributed by atoms with E-state index in [1.54, 1.807) is 0 Å². The molecule has 2 atom stereocenters. The van der Waals surface area contributed by atoms with Crippen molar-refractivity contribution in [3.8, 4) is 5.75 Å². The number of benzene rings is 1. The van der Waals surface area contributed by atoms with E-state index in [-0.39, 0.29) is 12.5 Å². The van der Waals surface area contributed by atoms with E-state index in [0.29, 0.717) is 12.0 Å². The highest BCUT2D eigenvalue weighted by molar-refractivity contribution is 5.37. The van der Waals surface area contributed by atoms with Crippen LogP contribution >= 0.6 is 0 Å². The van der Waals surface area contributed by atoms with Gasteiger partial charge in [0.05, 0.1) is 6.61 Å². The number of aryl methyl sites for hydroxylation is 1. The number of ether oxygens (including phenoxy) is 1. The summed E-state index contributed by atoms with van der Waals surface area (Å²) in [6, 6.07) is 6.73. The average Bonchev–Trinajstić information content (AvgIpc) is 3.01. The summed E-state index contributed by atoms with van der Waals surface area (Å²) in [6.07, 6.45) is 2.53. The predicted molar refractivity (Wildman–Crippen MR) is 91.3 cm³/mol. The molecule has 0 amide bonds. The van der Waals surface area contributed by atoms with Crippen LogP contribution in [-0.4, -0.2) is 36.3 Å². The van der Waals surface area contributed by atoms with Crippen LogP contribution in [0.2, 0.25) is 0 Å². The highest BCUT2D eigenvalue weighted by atomic mass is 16.5. The molecule has 0 aliphatic carbocycles. The molecule has 3 heteroatoms. The normalized spacial score (nSPS) is 18.6. The zero-order valence-corrected chi connectivity index (χ0v) is 14.5. The second-order valence-corrected chi connectivity index (χ2v) is 7.07. The third-order valence-corrected chi connectivity index (χ3v) is 4.50. The Hall–Kier alpha value is -1.06. The number of aliphatic hydroxyl groups is 1. The van der Waals surface area contributed by atoms with E-state index in [9.17, 15) is 5.11 Å². The standard InChI is InChI=1S/C19H31NO2/c1-14(2)13-22-17-7-8-18(15(3)11-17)19(16(4)12-21)20-9-5-6-10-20/h7-8,11,14,16,19,21H,5-6,9-10,12-13H2,1-4H3. The fraction of sp³-hybridized carbons (Fsp3) is 0.684. The van der Waals surface area contributed by atoms with Gasteiger partial charge < -0.3 is 9.84 Å². The molecule has 0 bridgehead atoms. The maximum Gasteiger partial charge on any atom is 0.119 e.